The van der Waals surface area contributed by atoms with Crippen LogP contribution in [0.2, 0.25) is 0 Å². The van der Waals surface area contributed by atoms with Crippen LogP contribution in [-0.4, -0.2) is 52.3 Å². The van der Waals surface area contributed by atoms with Gasteiger partial charge in [-0.2, -0.15) is 0 Å². The van der Waals surface area contributed by atoms with E-state index in [1.54, 1.807) is 17.0 Å². The highest BCUT2D eigenvalue weighted by Crippen LogP contribution is 2.20. The maximum absolute atomic E-state index is 13.0. The zero-order chi connectivity index (χ0) is 19.7. The van der Waals surface area contributed by atoms with E-state index in [1.807, 2.05) is 41.0 Å². The summed E-state index contributed by atoms with van der Waals surface area (Å²) in [6.07, 6.45) is -0.633. The number of para-hydroxylation sites is 2. The summed E-state index contributed by atoms with van der Waals surface area (Å²) in [7, 11) is 0. The highest BCUT2D eigenvalue weighted by molar-refractivity contribution is 5.94. The van der Waals surface area contributed by atoms with E-state index >= 15 is 0 Å². The lowest BCUT2D eigenvalue weighted by Crippen LogP contribution is -2.47. The molecule has 2 heterocycles. The van der Waals surface area contributed by atoms with Gasteiger partial charge in [-0.1, -0.05) is 24.3 Å². The molecule has 0 saturated carbocycles. The second-order valence-electron chi connectivity index (χ2n) is 6.88. The number of carboxylic acids is 1. The molecule has 0 radical (unpaired) electrons. The minimum Gasteiger partial charge on any atom is -0.481 e. The van der Waals surface area contributed by atoms with Crippen molar-refractivity contribution >= 4 is 33.7 Å². The molecule has 1 amide bonds. The fourth-order valence-corrected chi connectivity index (χ4v) is 3.75. The fraction of sp³-hybridized carbons (Fsp3) is 0.286. The molecule has 0 aliphatic carbocycles. The summed E-state index contributed by atoms with van der Waals surface area (Å²) in [5, 5.41) is 10.1. The number of pyridine rings is 1. The number of ether oxygens (including phenoxy) is 1. The van der Waals surface area contributed by atoms with Gasteiger partial charge in [0.2, 0.25) is 5.91 Å². The molecular formula is C21H20N2O5. The first kappa shape index (κ1) is 18.2. The van der Waals surface area contributed by atoms with Crippen molar-refractivity contribution in [1.82, 2.24) is 9.47 Å². The van der Waals surface area contributed by atoms with Crippen molar-refractivity contribution < 1.29 is 19.4 Å². The van der Waals surface area contributed by atoms with Gasteiger partial charge in [-0.25, -0.2) is 0 Å². The normalized spacial score (nSPS) is 17.1. The summed E-state index contributed by atoms with van der Waals surface area (Å²) in [5.74, 6) is -1.07. The van der Waals surface area contributed by atoms with Crippen molar-refractivity contribution in [3.8, 4) is 0 Å². The average Bonchev–Trinajstić information content (AvgIpc) is 2.70. The van der Waals surface area contributed by atoms with Gasteiger partial charge in [0.25, 0.3) is 0 Å². The number of carboxylic acid groups (broad SMARTS) is 1. The Morgan fingerprint density at radius 3 is 2.25 bits per heavy atom. The summed E-state index contributed by atoms with van der Waals surface area (Å²) >= 11 is 0. The lowest BCUT2D eigenvalue weighted by molar-refractivity contribution is -0.147. The molecule has 1 unspecified atom stereocenters. The van der Waals surface area contributed by atoms with Crippen molar-refractivity contribution in [3.63, 3.8) is 0 Å². The van der Waals surface area contributed by atoms with Crippen LogP contribution in [-0.2, 0) is 20.9 Å². The number of morpholine rings is 1. The predicted octanol–water partition coefficient (Wildman–Crippen LogP) is 1.86. The summed E-state index contributed by atoms with van der Waals surface area (Å²) in [5.41, 5.74) is 1.35. The third-order valence-electron chi connectivity index (χ3n) is 5.07. The van der Waals surface area contributed by atoms with E-state index in [0.717, 1.165) is 0 Å². The summed E-state index contributed by atoms with van der Waals surface area (Å²) < 4.78 is 7.31. The standard InChI is InChI=1S/C21H20N2O5/c24-19(22-9-10-28-14(12-22)11-20(25)26)13-23-17-7-3-1-5-15(17)21(27)16-6-2-4-8-18(16)23/h1-8,14H,9-13H2,(H,25,26). The number of fused-ring (bicyclic) bond motifs is 2. The number of hydrogen-bond acceptors (Lipinski definition) is 4. The minimum absolute atomic E-state index is 0.0530. The molecule has 28 heavy (non-hydrogen) atoms. The van der Waals surface area contributed by atoms with Crippen molar-refractivity contribution in [1.29, 1.82) is 0 Å². The SMILES string of the molecule is O=C(O)CC1CN(C(=O)Cn2c3ccccc3c(=O)c3ccccc32)CCO1. The van der Waals surface area contributed by atoms with Crippen LogP contribution < -0.4 is 5.43 Å². The van der Waals surface area contributed by atoms with Crippen LogP contribution in [0.5, 0.6) is 0 Å². The topological polar surface area (TPSA) is 88.8 Å². The highest BCUT2D eigenvalue weighted by Gasteiger charge is 2.26. The van der Waals surface area contributed by atoms with E-state index in [0.29, 0.717) is 35.0 Å². The van der Waals surface area contributed by atoms with E-state index in [9.17, 15) is 14.4 Å². The Labute approximate surface area is 160 Å². The van der Waals surface area contributed by atoms with Crippen LogP contribution in [0.4, 0.5) is 0 Å². The van der Waals surface area contributed by atoms with E-state index in [1.165, 1.54) is 0 Å². The molecule has 1 N–H and O–H groups in total. The summed E-state index contributed by atoms with van der Waals surface area (Å²) in [6, 6.07) is 14.5. The van der Waals surface area contributed by atoms with Crippen LogP contribution in [0.25, 0.3) is 21.8 Å². The van der Waals surface area contributed by atoms with Crippen molar-refractivity contribution in [2.75, 3.05) is 19.7 Å². The first-order chi connectivity index (χ1) is 13.5. The molecule has 1 atom stereocenters. The lowest BCUT2D eigenvalue weighted by atomic mass is 10.1. The van der Waals surface area contributed by atoms with Gasteiger partial charge >= 0.3 is 5.97 Å². The van der Waals surface area contributed by atoms with E-state index in [4.69, 9.17) is 9.84 Å². The van der Waals surface area contributed by atoms with Crippen molar-refractivity contribution in [2.45, 2.75) is 19.1 Å². The first-order valence-corrected chi connectivity index (χ1v) is 9.16. The second-order valence-corrected chi connectivity index (χ2v) is 6.88. The molecule has 0 spiro atoms. The zero-order valence-electron chi connectivity index (χ0n) is 15.2. The van der Waals surface area contributed by atoms with E-state index in [2.05, 4.69) is 0 Å². The number of aromatic nitrogens is 1. The molecule has 1 aliphatic heterocycles. The van der Waals surface area contributed by atoms with Gasteiger partial charge in [-0.3, -0.25) is 14.4 Å². The average molecular weight is 380 g/mol. The number of benzene rings is 2. The van der Waals surface area contributed by atoms with Crippen molar-refractivity contribution in [2.24, 2.45) is 0 Å². The number of carbonyl (C=O) groups excluding carboxylic acids is 1. The molecule has 1 fully saturated rings. The molecular weight excluding hydrogens is 360 g/mol. The predicted molar refractivity (Wildman–Crippen MR) is 104 cm³/mol. The Hall–Kier alpha value is -3.19. The molecule has 3 aromatic rings. The van der Waals surface area contributed by atoms with Crippen LogP contribution in [0.15, 0.2) is 53.3 Å². The minimum atomic E-state index is -0.948. The first-order valence-electron chi connectivity index (χ1n) is 9.16. The van der Waals surface area contributed by atoms with Gasteiger partial charge in [0.05, 0.1) is 30.2 Å². The zero-order valence-corrected chi connectivity index (χ0v) is 15.2. The van der Waals surface area contributed by atoms with E-state index in [-0.39, 0.29) is 30.8 Å². The Kier molecular flexibility index (Phi) is 4.83. The molecule has 7 nitrogen and oxygen atoms in total. The van der Waals surface area contributed by atoms with Gasteiger partial charge in [0.15, 0.2) is 5.43 Å². The molecule has 1 saturated heterocycles. The Balaban J connectivity index is 1.71. The Morgan fingerprint density at radius 2 is 1.64 bits per heavy atom. The van der Waals surface area contributed by atoms with Crippen LogP contribution in [0.1, 0.15) is 6.42 Å². The largest absolute Gasteiger partial charge is 0.481 e. The van der Waals surface area contributed by atoms with Gasteiger partial charge in [-0.15, -0.1) is 0 Å². The fourth-order valence-electron chi connectivity index (χ4n) is 3.75. The quantitative estimate of drug-likeness (QED) is 0.698. The third kappa shape index (κ3) is 3.36. The lowest BCUT2D eigenvalue weighted by Gasteiger charge is -2.32. The van der Waals surface area contributed by atoms with Gasteiger partial charge in [0.1, 0.15) is 6.54 Å². The Morgan fingerprint density at radius 1 is 1.04 bits per heavy atom. The number of carbonyl (C=O) groups is 2. The van der Waals surface area contributed by atoms with Crippen LogP contribution in [0.3, 0.4) is 0 Å². The molecule has 1 aliphatic rings. The van der Waals surface area contributed by atoms with Crippen LogP contribution >= 0.6 is 0 Å². The van der Waals surface area contributed by atoms with E-state index < -0.39 is 12.1 Å². The highest BCUT2D eigenvalue weighted by atomic mass is 16.5. The molecule has 0 bridgehead atoms. The molecule has 144 valence electrons. The van der Waals surface area contributed by atoms with Gasteiger partial charge in [-0.05, 0) is 24.3 Å². The molecule has 1 aromatic heterocycles. The summed E-state index contributed by atoms with van der Waals surface area (Å²) in [6.45, 7) is 1.06. The Bertz CT molecular complexity index is 1060. The maximum Gasteiger partial charge on any atom is 0.306 e. The number of nitrogens with zero attached hydrogens (tertiary/aromatic N) is 2. The third-order valence-corrected chi connectivity index (χ3v) is 5.07. The number of rotatable bonds is 4. The molecule has 2 aromatic carbocycles. The molecule has 4 rings (SSSR count). The smallest absolute Gasteiger partial charge is 0.306 e. The second kappa shape index (κ2) is 7.44. The number of aliphatic carboxylic acids is 1. The monoisotopic (exact) mass is 380 g/mol. The maximum atomic E-state index is 13.0. The van der Waals surface area contributed by atoms with Gasteiger partial charge < -0.3 is 19.3 Å². The van der Waals surface area contributed by atoms with Crippen LogP contribution in [0, 0.1) is 0 Å². The summed E-state index contributed by atoms with van der Waals surface area (Å²) in [4.78, 5) is 38.4. The number of amides is 1. The number of hydrogen-bond donors (Lipinski definition) is 1. The van der Waals surface area contributed by atoms with Crippen molar-refractivity contribution in [3.05, 3.63) is 58.8 Å². The molecule has 7 heteroatoms. The van der Waals surface area contributed by atoms with Gasteiger partial charge in [0, 0.05) is 23.9 Å².